The van der Waals surface area contributed by atoms with Crippen LogP contribution in [0.5, 0.6) is 0 Å². The van der Waals surface area contributed by atoms with E-state index in [-0.39, 0.29) is 0 Å². The average molecular weight is 203 g/mol. The SMILES string of the molecule is C/N=C/c1cc(/C=N/C)cc(N(C)C)c1. The van der Waals surface area contributed by atoms with Crippen LogP contribution in [0.2, 0.25) is 0 Å². The number of anilines is 1. The summed E-state index contributed by atoms with van der Waals surface area (Å²) in [5.41, 5.74) is 3.35. The minimum absolute atomic E-state index is 1.10. The summed E-state index contributed by atoms with van der Waals surface area (Å²) in [6, 6.07) is 6.26. The summed E-state index contributed by atoms with van der Waals surface area (Å²) in [7, 11) is 7.59. The molecule has 0 fully saturated rings. The van der Waals surface area contributed by atoms with Crippen LogP contribution in [0.25, 0.3) is 0 Å². The Morgan fingerprint density at radius 2 is 1.40 bits per heavy atom. The Morgan fingerprint density at radius 1 is 0.933 bits per heavy atom. The second kappa shape index (κ2) is 5.29. The molecule has 1 aromatic carbocycles. The van der Waals surface area contributed by atoms with Crippen molar-refractivity contribution in [3.05, 3.63) is 29.3 Å². The molecule has 15 heavy (non-hydrogen) atoms. The van der Waals surface area contributed by atoms with Gasteiger partial charge in [-0.15, -0.1) is 0 Å². The molecule has 0 saturated carbocycles. The molecule has 0 aliphatic heterocycles. The van der Waals surface area contributed by atoms with Crippen molar-refractivity contribution in [1.82, 2.24) is 0 Å². The lowest BCUT2D eigenvalue weighted by Gasteiger charge is -2.13. The van der Waals surface area contributed by atoms with E-state index >= 15 is 0 Å². The van der Waals surface area contributed by atoms with E-state index in [0.29, 0.717) is 0 Å². The molecule has 3 nitrogen and oxygen atoms in total. The van der Waals surface area contributed by atoms with E-state index in [1.165, 1.54) is 0 Å². The lowest BCUT2D eigenvalue weighted by Crippen LogP contribution is -2.09. The molecule has 1 rings (SSSR count). The number of benzene rings is 1. The Kier molecular flexibility index (Phi) is 4.03. The molecule has 0 atom stereocenters. The third kappa shape index (κ3) is 3.20. The highest BCUT2D eigenvalue weighted by atomic mass is 15.1. The molecule has 0 amide bonds. The average Bonchev–Trinajstić information content (AvgIpc) is 2.18. The molecule has 0 bridgehead atoms. The second-order valence-electron chi connectivity index (χ2n) is 3.53. The zero-order valence-electron chi connectivity index (χ0n) is 9.73. The van der Waals surface area contributed by atoms with Crippen LogP contribution in [0.1, 0.15) is 11.1 Å². The van der Waals surface area contributed by atoms with Gasteiger partial charge in [-0.25, -0.2) is 0 Å². The van der Waals surface area contributed by atoms with Crippen molar-refractivity contribution in [3.63, 3.8) is 0 Å². The Hall–Kier alpha value is -1.64. The number of nitrogens with zero attached hydrogens (tertiary/aromatic N) is 3. The predicted molar refractivity (Wildman–Crippen MR) is 67.8 cm³/mol. The highest BCUT2D eigenvalue weighted by Crippen LogP contribution is 2.15. The molecule has 3 heteroatoms. The monoisotopic (exact) mass is 203 g/mol. The van der Waals surface area contributed by atoms with E-state index < -0.39 is 0 Å². The van der Waals surface area contributed by atoms with Gasteiger partial charge in [0.2, 0.25) is 0 Å². The fraction of sp³-hybridized carbons (Fsp3) is 0.333. The van der Waals surface area contributed by atoms with Gasteiger partial charge in [-0.1, -0.05) is 0 Å². The highest BCUT2D eigenvalue weighted by molar-refractivity contribution is 5.88. The molecular weight excluding hydrogens is 186 g/mol. The summed E-state index contributed by atoms with van der Waals surface area (Å²) in [4.78, 5) is 10.1. The van der Waals surface area contributed by atoms with Crippen LogP contribution in [0.4, 0.5) is 5.69 Å². The van der Waals surface area contributed by atoms with Gasteiger partial charge in [0.05, 0.1) is 0 Å². The van der Waals surface area contributed by atoms with Crippen LogP contribution in [0.15, 0.2) is 28.2 Å². The van der Waals surface area contributed by atoms with E-state index in [2.05, 4.69) is 33.1 Å². The minimum Gasteiger partial charge on any atom is -0.378 e. The summed E-state index contributed by atoms with van der Waals surface area (Å²) in [6.07, 6.45) is 3.69. The van der Waals surface area contributed by atoms with Gasteiger partial charge >= 0.3 is 0 Å². The van der Waals surface area contributed by atoms with Gasteiger partial charge in [0.25, 0.3) is 0 Å². The first-order valence-corrected chi connectivity index (χ1v) is 4.84. The van der Waals surface area contributed by atoms with Crippen LogP contribution in [-0.2, 0) is 0 Å². The zero-order valence-corrected chi connectivity index (χ0v) is 9.73. The van der Waals surface area contributed by atoms with Crippen LogP contribution in [0.3, 0.4) is 0 Å². The lowest BCUT2D eigenvalue weighted by atomic mass is 10.1. The molecule has 0 spiro atoms. The highest BCUT2D eigenvalue weighted by Gasteiger charge is 1.99. The van der Waals surface area contributed by atoms with Crippen molar-refractivity contribution in [3.8, 4) is 0 Å². The van der Waals surface area contributed by atoms with Gasteiger partial charge in [0, 0.05) is 46.3 Å². The molecule has 0 N–H and O–H groups in total. The number of aliphatic imine (C=N–C) groups is 2. The van der Waals surface area contributed by atoms with E-state index in [4.69, 9.17) is 0 Å². The van der Waals surface area contributed by atoms with Crippen LogP contribution in [-0.4, -0.2) is 40.6 Å². The van der Waals surface area contributed by atoms with Gasteiger partial charge in [-0.05, 0) is 29.3 Å². The predicted octanol–water partition coefficient (Wildman–Crippen LogP) is 1.85. The van der Waals surface area contributed by atoms with Crippen molar-refractivity contribution in [2.45, 2.75) is 0 Å². The van der Waals surface area contributed by atoms with E-state index in [1.54, 1.807) is 14.1 Å². The zero-order chi connectivity index (χ0) is 11.3. The van der Waals surface area contributed by atoms with Gasteiger partial charge in [-0.3, -0.25) is 9.98 Å². The quantitative estimate of drug-likeness (QED) is 0.689. The molecule has 0 aliphatic carbocycles. The Bertz CT molecular complexity index is 348. The van der Waals surface area contributed by atoms with E-state index in [1.807, 2.05) is 26.5 Å². The summed E-state index contributed by atoms with van der Waals surface area (Å²) < 4.78 is 0. The van der Waals surface area contributed by atoms with Gasteiger partial charge in [0.1, 0.15) is 0 Å². The smallest absolute Gasteiger partial charge is 0.0374 e. The molecule has 0 aromatic heterocycles. The van der Waals surface area contributed by atoms with Crippen molar-refractivity contribution in [2.24, 2.45) is 9.98 Å². The van der Waals surface area contributed by atoms with Crippen molar-refractivity contribution in [1.29, 1.82) is 0 Å². The molecule has 0 radical (unpaired) electrons. The van der Waals surface area contributed by atoms with Crippen LogP contribution >= 0.6 is 0 Å². The normalized spacial score (nSPS) is 11.5. The maximum absolute atomic E-state index is 4.02. The third-order valence-corrected chi connectivity index (χ3v) is 2.04. The molecule has 0 aliphatic rings. The van der Waals surface area contributed by atoms with Crippen LogP contribution in [0, 0.1) is 0 Å². The van der Waals surface area contributed by atoms with Gasteiger partial charge in [-0.2, -0.15) is 0 Å². The number of rotatable bonds is 3. The third-order valence-electron chi connectivity index (χ3n) is 2.04. The van der Waals surface area contributed by atoms with Crippen molar-refractivity contribution in [2.75, 3.05) is 33.1 Å². The summed E-state index contributed by atoms with van der Waals surface area (Å²) >= 11 is 0. The first-order valence-electron chi connectivity index (χ1n) is 4.84. The summed E-state index contributed by atoms with van der Waals surface area (Å²) in [6.45, 7) is 0. The topological polar surface area (TPSA) is 28.0 Å². The largest absolute Gasteiger partial charge is 0.378 e. The van der Waals surface area contributed by atoms with E-state index in [9.17, 15) is 0 Å². The molecule has 0 heterocycles. The fourth-order valence-electron chi connectivity index (χ4n) is 1.36. The maximum Gasteiger partial charge on any atom is 0.0374 e. The molecule has 1 aromatic rings. The summed E-state index contributed by atoms with van der Waals surface area (Å²) in [5, 5.41) is 0. The maximum atomic E-state index is 4.02. The molecule has 80 valence electrons. The van der Waals surface area contributed by atoms with Gasteiger partial charge < -0.3 is 4.90 Å². The Labute approximate surface area is 91.2 Å². The number of hydrogen-bond acceptors (Lipinski definition) is 3. The van der Waals surface area contributed by atoms with Crippen molar-refractivity contribution >= 4 is 18.1 Å². The van der Waals surface area contributed by atoms with Crippen LogP contribution < -0.4 is 4.90 Å². The standard InChI is InChI=1S/C12H17N3/c1-13-8-10-5-11(9-14-2)7-12(6-10)15(3)4/h5-9H,1-4H3/b13-8+,14-9+. The lowest BCUT2D eigenvalue weighted by molar-refractivity contribution is 1.13. The molecular formula is C12H17N3. The fourth-order valence-corrected chi connectivity index (χ4v) is 1.36. The minimum atomic E-state index is 1.10. The first kappa shape index (κ1) is 11.4. The second-order valence-corrected chi connectivity index (χ2v) is 3.53. The Morgan fingerprint density at radius 3 is 1.73 bits per heavy atom. The van der Waals surface area contributed by atoms with Gasteiger partial charge in [0.15, 0.2) is 0 Å². The number of hydrogen-bond donors (Lipinski definition) is 0. The Balaban J connectivity index is 3.19. The molecule has 0 unspecified atom stereocenters. The first-order chi connectivity index (χ1) is 7.17. The summed E-state index contributed by atoms with van der Waals surface area (Å²) in [5.74, 6) is 0. The van der Waals surface area contributed by atoms with Crippen molar-refractivity contribution < 1.29 is 0 Å². The van der Waals surface area contributed by atoms with E-state index in [0.717, 1.165) is 16.8 Å². The molecule has 0 saturated heterocycles.